The lowest BCUT2D eigenvalue weighted by molar-refractivity contribution is -0.384. The lowest BCUT2D eigenvalue weighted by atomic mass is 10.2. The van der Waals surface area contributed by atoms with Crippen molar-refractivity contribution in [1.82, 2.24) is 5.32 Å². The van der Waals surface area contributed by atoms with Crippen molar-refractivity contribution in [3.05, 3.63) is 100 Å². The fraction of sp³-hybridized carbons (Fsp3) is 0.208. The van der Waals surface area contributed by atoms with E-state index < -0.39 is 27.4 Å². The molecule has 0 unspecified atom stereocenters. The van der Waals surface area contributed by atoms with E-state index in [0.29, 0.717) is 13.0 Å². The van der Waals surface area contributed by atoms with Crippen molar-refractivity contribution in [3.63, 3.8) is 0 Å². The molecule has 0 radical (unpaired) electrons. The number of hydrogen-bond acceptors (Lipinski definition) is 6. The normalized spacial score (nSPS) is 11.1. The molecule has 0 spiro atoms. The van der Waals surface area contributed by atoms with Crippen molar-refractivity contribution in [2.75, 3.05) is 23.1 Å². The summed E-state index contributed by atoms with van der Waals surface area (Å²) >= 11 is 1.64. The smallest absolute Gasteiger partial charge is 0.269 e. The van der Waals surface area contributed by atoms with Crippen LogP contribution in [0, 0.1) is 15.9 Å². The highest BCUT2D eigenvalue weighted by atomic mass is 32.2. The first-order valence-corrected chi connectivity index (χ1v) is 13.3. The second-order valence-corrected chi connectivity index (χ2v) is 10.4. The van der Waals surface area contributed by atoms with Crippen LogP contribution in [0.4, 0.5) is 15.8 Å². The Bertz CT molecular complexity index is 1240. The minimum Gasteiger partial charge on any atom is -0.354 e. The highest BCUT2D eigenvalue weighted by Crippen LogP contribution is 2.25. The number of halogens is 1. The second kappa shape index (κ2) is 12.3. The largest absolute Gasteiger partial charge is 0.354 e. The summed E-state index contributed by atoms with van der Waals surface area (Å²) in [4.78, 5) is 23.0. The molecule has 0 fully saturated rings. The van der Waals surface area contributed by atoms with Gasteiger partial charge in [-0.3, -0.25) is 19.2 Å². The van der Waals surface area contributed by atoms with Gasteiger partial charge in [0.25, 0.3) is 15.7 Å². The lowest BCUT2D eigenvalue weighted by Crippen LogP contribution is -2.41. The summed E-state index contributed by atoms with van der Waals surface area (Å²) in [7, 11) is -4.08. The molecule has 0 aliphatic carbocycles. The number of non-ortho nitro benzene ring substituents is 1. The monoisotopic (exact) mass is 517 g/mol. The van der Waals surface area contributed by atoms with E-state index in [-0.39, 0.29) is 22.1 Å². The fourth-order valence-corrected chi connectivity index (χ4v) is 5.50. The number of benzene rings is 3. The lowest BCUT2D eigenvalue weighted by Gasteiger charge is -2.24. The number of thioether (sulfide) groups is 1. The summed E-state index contributed by atoms with van der Waals surface area (Å²) in [5.74, 6) is 0.702. The summed E-state index contributed by atoms with van der Waals surface area (Å²) in [6, 6.07) is 18.9. The predicted molar refractivity (Wildman–Crippen MR) is 134 cm³/mol. The molecule has 11 heteroatoms. The fourth-order valence-electron chi connectivity index (χ4n) is 3.13. The van der Waals surface area contributed by atoms with E-state index in [1.807, 2.05) is 0 Å². The van der Waals surface area contributed by atoms with Crippen LogP contribution < -0.4 is 9.62 Å². The summed E-state index contributed by atoms with van der Waals surface area (Å²) in [5.41, 5.74) is 0.961. The van der Waals surface area contributed by atoms with Gasteiger partial charge < -0.3 is 5.32 Å². The van der Waals surface area contributed by atoms with Gasteiger partial charge in [-0.05, 0) is 54.1 Å². The minimum absolute atomic E-state index is 0.00310. The van der Waals surface area contributed by atoms with Crippen LogP contribution in [0.3, 0.4) is 0 Å². The van der Waals surface area contributed by atoms with Crippen LogP contribution in [-0.2, 0) is 20.6 Å². The zero-order chi connectivity index (χ0) is 25.3. The number of carbonyl (C=O) groups excluding carboxylic acids is 1. The Labute approximate surface area is 207 Å². The highest BCUT2D eigenvalue weighted by molar-refractivity contribution is 7.98. The number of nitrogens with zero attached hydrogens (tertiary/aromatic N) is 2. The number of hydrogen-bond donors (Lipinski definition) is 1. The minimum atomic E-state index is -4.08. The van der Waals surface area contributed by atoms with Gasteiger partial charge in [0.05, 0.1) is 15.5 Å². The summed E-state index contributed by atoms with van der Waals surface area (Å²) in [5, 5.41) is 13.7. The van der Waals surface area contributed by atoms with Gasteiger partial charge in [0, 0.05) is 24.4 Å². The molecule has 1 N–H and O–H groups in total. The van der Waals surface area contributed by atoms with Crippen molar-refractivity contribution in [1.29, 1.82) is 0 Å². The molecule has 3 rings (SSSR count). The highest BCUT2D eigenvalue weighted by Gasteiger charge is 2.27. The molecule has 0 aliphatic rings. The van der Waals surface area contributed by atoms with Crippen molar-refractivity contribution in [2.45, 2.75) is 17.1 Å². The molecule has 3 aromatic carbocycles. The average molecular weight is 518 g/mol. The molecular formula is C24H24FN3O5S2. The first-order chi connectivity index (χ1) is 16.8. The van der Waals surface area contributed by atoms with E-state index in [9.17, 15) is 27.7 Å². The standard InChI is InChI=1S/C24H24FN3O5S2/c25-20-9-7-19(8-10-20)18-34-16-4-15-26-24(29)17-27(21-11-13-22(14-12-21)28(30)31)35(32,33)23-5-2-1-3-6-23/h1-3,5-14H,4,15-18H2,(H,26,29). The van der Waals surface area contributed by atoms with Crippen LogP contribution in [0.15, 0.2) is 83.8 Å². The van der Waals surface area contributed by atoms with Crippen LogP contribution in [-0.4, -0.2) is 38.1 Å². The molecule has 3 aromatic rings. The Morgan fingerprint density at radius 3 is 2.29 bits per heavy atom. The molecule has 0 aromatic heterocycles. The number of carbonyl (C=O) groups is 1. The first-order valence-electron chi connectivity index (χ1n) is 10.7. The van der Waals surface area contributed by atoms with Gasteiger partial charge in [-0.15, -0.1) is 0 Å². The topological polar surface area (TPSA) is 110 Å². The summed E-state index contributed by atoms with van der Waals surface area (Å²) < 4.78 is 40.4. The molecule has 0 aliphatic heterocycles. The quantitative estimate of drug-likeness (QED) is 0.217. The van der Waals surface area contributed by atoms with Crippen LogP contribution in [0.5, 0.6) is 0 Å². The van der Waals surface area contributed by atoms with Crippen molar-refractivity contribution in [2.24, 2.45) is 0 Å². The Morgan fingerprint density at radius 2 is 1.66 bits per heavy atom. The van der Waals surface area contributed by atoms with Gasteiger partial charge in [-0.2, -0.15) is 11.8 Å². The molecule has 0 saturated heterocycles. The zero-order valence-electron chi connectivity index (χ0n) is 18.7. The van der Waals surface area contributed by atoms with E-state index in [1.165, 1.54) is 48.5 Å². The van der Waals surface area contributed by atoms with Gasteiger partial charge in [0.1, 0.15) is 12.4 Å². The van der Waals surface area contributed by atoms with Crippen molar-refractivity contribution >= 4 is 39.1 Å². The Kier molecular flexibility index (Phi) is 9.21. The third kappa shape index (κ3) is 7.52. The van der Waals surface area contributed by atoms with Gasteiger partial charge in [-0.25, -0.2) is 12.8 Å². The number of anilines is 1. The molecule has 35 heavy (non-hydrogen) atoms. The van der Waals surface area contributed by atoms with E-state index >= 15 is 0 Å². The number of sulfonamides is 1. The van der Waals surface area contributed by atoms with Gasteiger partial charge >= 0.3 is 0 Å². The number of nitrogens with one attached hydrogen (secondary N) is 1. The third-order valence-electron chi connectivity index (χ3n) is 4.94. The summed E-state index contributed by atoms with van der Waals surface area (Å²) in [6.45, 7) is -0.119. The molecular weight excluding hydrogens is 493 g/mol. The maximum Gasteiger partial charge on any atom is 0.269 e. The number of amides is 1. The first kappa shape index (κ1) is 26.2. The SMILES string of the molecule is O=C(CN(c1ccc([N+](=O)[O-])cc1)S(=O)(=O)c1ccccc1)NCCCSCc1ccc(F)cc1. The third-order valence-corrected chi connectivity index (χ3v) is 7.84. The van der Waals surface area contributed by atoms with Crippen molar-refractivity contribution in [3.8, 4) is 0 Å². The Balaban J connectivity index is 1.60. The Morgan fingerprint density at radius 1 is 1.00 bits per heavy atom. The van der Waals surface area contributed by atoms with E-state index in [0.717, 1.165) is 21.4 Å². The molecule has 0 heterocycles. The molecule has 1 amide bonds. The van der Waals surface area contributed by atoms with E-state index in [4.69, 9.17) is 0 Å². The number of nitro benzene ring substituents is 1. The predicted octanol–water partition coefficient (Wildman–Crippen LogP) is 4.37. The van der Waals surface area contributed by atoms with Crippen LogP contribution >= 0.6 is 11.8 Å². The molecule has 0 bridgehead atoms. The molecule has 8 nitrogen and oxygen atoms in total. The van der Waals surface area contributed by atoms with Gasteiger partial charge in [0.15, 0.2) is 0 Å². The average Bonchev–Trinajstić information content (AvgIpc) is 2.86. The maximum absolute atomic E-state index is 13.2. The van der Waals surface area contributed by atoms with Gasteiger partial charge in [0.2, 0.25) is 5.91 Å². The van der Waals surface area contributed by atoms with Crippen molar-refractivity contribution < 1.29 is 22.5 Å². The number of rotatable bonds is 12. The van der Waals surface area contributed by atoms with Crippen LogP contribution in [0.1, 0.15) is 12.0 Å². The maximum atomic E-state index is 13.2. The van der Waals surface area contributed by atoms with E-state index in [2.05, 4.69) is 5.32 Å². The second-order valence-electron chi connectivity index (χ2n) is 7.48. The van der Waals surface area contributed by atoms with E-state index in [1.54, 1.807) is 42.1 Å². The summed E-state index contributed by atoms with van der Waals surface area (Å²) in [6.07, 6.45) is 0.667. The van der Waals surface area contributed by atoms with Crippen LogP contribution in [0.2, 0.25) is 0 Å². The van der Waals surface area contributed by atoms with Crippen LogP contribution in [0.25, 0.3) is 0 Å². The molecule has 0 saturated carbocycles. The molecule has 184 valence electrons. The number of nitro groups is 1. The molecule has 0 atom stereocenters. The zero-order valence-corrected chi connectivity index (χ0v) is 20.3. The Hall–Kier alpha value is -3.44. The van der Waals surface area contributed by atoms with Gasteiger partial charge in [-0.1, -0.05) is 30.3 Å².